The third kappa shape index (κ3) is 4.46. The minimum atomic E-state index is -0.463. The summed E-state index contributed by atoms with van der Waals surface area (Å²) < 4.78 is 12.6. The van der Waals surface area contributed by atoms with Crippen LogP contribution in [0.25, 0.3) is 16.2 Å². The van der Waals surface area contributed by atoms with Gasteiger partial charge in [0.1, 0.15) is 11.9 Å². The minimum Gasteiger partial charge on any atom is -0.654 e. The topological polar surface area (TPSA) is 117 Å². The van der Waals surface area contributed by atoms with Crippen LogP contribution in [0.15, 0.2) is 47.3 Å². The monoisotopic (exact) mass is 549 g/mol. The first-order chi connectivity index (χ1) is 16.6. The van der Waals surface area contributed by atoms with Crippen LogP contribution in [0.1, 0.15) is 24.4 Å². The normalized spacial score (nSPS) is 20.2. The molecule has 10 nitrogen and oxygen atoms in total. The maximum absolute atomic E-state index is 12.4. The molecule has 35 heavy (non-hydrogen) atoms. The van der Waals surface area contributed by atoms with E-state index in [-0.39, 0.29) is 62.9 Å². The van der Waals surface area contributed by atoms with E-state index in [1.807, 2.05) is 24.3 Å². The van der Waals surface area contributed by atoms with Crippen molar-refractivity contribution in [3.8, 4) is 5.75 Å². The average Bonchev–Trinajstić information content (AvgIpc) is 3.40. The van der Waals surface area contributed by atoms with Crippen molar-refractivity contribution in [2.75, 3.05) is 29.9 Å². The molecule has 2 amide bonds. The second-order valence-corrected chi connectivity index (χ2v) is 8.60. The van der Waals surface area contributed by atoms with Gasteiger partial charge in [0.15, 0.2) is 18.2 Å². The second kappa shape index (κ2) is 9.68. The van der Waals surface area contributed by atoms with Crippen molar-refractivity contribution in [2.24, 2.45) is 0 Å². The summed E-state index contributed by atoms with van der Waals surface area (Å²) in [5.74, 6) is 0.898. The molecule has 0 bridgehead atoms. The third-order valence-corrected chi connectivity index (χ3v) is 6.40. The fraction of sp³-hybridized carbons (Fsp3) is 0.333. The molecule has 1 fully saturated rings. The van der Waals surface area contributed by atoms with Gasteiger partial charge in [0, 0.05) is 45.3 Å². The van der Waals surface area contributed by atoms with Crippen LogP contribution in [0.5, 0.6) is 5.75 Å². The fourth-order valence-electron chi connectivity index (χ4n) is 4.79. The van der Waals surface area contributed by atoms with Crippen molar-refractivity contribution < 1.29 is 51.8 Å². The van der Waals surface area contributed by atoms with Crippen molar-refractivity contribution in [1.82, 2.24) is 9.55 Å². The van der Waals surface area contributed by atoms with E-state index in [4.69, 9.17) is 14.8 Å². The van der Waals surface area contributed by atoms with Crippen LogP contribution in [0, 0.1) is 0 Å². The molecule has 3 aliphatic rings. The molecule has 1 N–H and O–H groups in total. The number of hydrogen-bond donors (Lipinski definition) is 1. The maximum Gasteiger partial charge on any atom is 0.415 e. The van der Waals surface area contributed by atoms with Gasteiger partial charge in [-0.05, 0) is 35.6 Å². The summed E-state index contributed by atoms with van der Waals surface area (Å²) in [6, 6.07) is 12.8. The van der Waals surface area contributed by atoms with Crippen molar-refractivity contribution in [3.63, 3.8) is 0 Å². The average molecular weight is 549 g/mol. The minimum absolute atomic E-state index is 0. The zero-order valence-electron chi connectivity index (χ0n) is 18.8. The first-order valence-corrected chi connectivity index (χ1v) is 11.3. The summed E-state index contributed by atoms with van der Waals surface area (Å²) in [4.78, 5) is 42.0. The van der Waals surface area contributed by atoms with Gasteiger partial charge in [-0.3, -0.25) is 14.5 Å². The summed E-state index contributed by atoms with van der Waals surface area (Å²) in [6.07, 6.45) is 0.693. The zero-order valence-corrected chi connectivity index (χ0v) is 21.7. The van der Waals surface area contributed by atoms with Gasteiger partial charge in [-0.25, -0.2) is 9.78 Å². The second-order valence-electron chi connectivity index (χ2n) is 8.60. The Bertz CT molecular complexity index is 1380. The zero-order chi connectivity index (χ0) is 23.2. The molecule has 0 spiro atoms. The van der Waals surface area contributed by atoms with Crippen molar-refractivity contribution >= 4 is 34.5 Å². The summed E-state index contributed by atoms with van der Waals surface area (Å²) in [5, 5.41) is 8.54. The Hall–Kier alpha value is -2.82. The van der Waals surface area contributed by atoms with Gasteiger partial charge in [0.05, 0.1) is 12.1 Å². The van der Waals surface area contributed by atoms with Crippen LogP contribution in [0.2, 0.25) is 0 Å². The van der Waals surface area contributed by atoms with Crippen LogP contribution < -0.4 is 20.5 Å². The van der Waals surface area contributed by atoms with E-state index < -0.39 is 6.09 Å². The Labute approximate surface area is 225 Å². The predicted molar refractivity (Wildman–Crippen MR) is 124 cm³/mol. The number of fused-ring (bicyclic) bond motifs is 1. The number of nitrogens with zero attached hydrogens (tertiary/aromatic N) is 4. The van der Waals surface area contributed by atoms with Gasteiger partial charge in [-0.2, -0.15) is 0 Å². The number of aromatic nitrogens is 2. The molecule has 0 unspecified atom stereocenters. The molecule has 3 aliphatic heterocycles. The summed E-state index contributed by atoms with van der Waals surface area (Å²) in [6.45, 7) is 1.50. The molecular formula is C24H22N5O5Y-. The summed E-state index contributed by atoms with van der Waals surface area (Å²) >= 11 is 0. The van der Waals surface area contributed by atoms with E-state index in [1.165, 1.54) is 4.90 Å². The third-order valence-electron chi connectivity index (χ3n) is 6.40. The number of para-hydroxylation sites is 1. The number of amides is 2. The number of rotatable bonds is 6. The van der Waals surface area contributed by atoms with Crippen LogP contribution in [-0.2, 0) is 48.8 Å². The van der Waals surface area contributed by atoms with Crippen molar-refractivity contribution in [2.45, 2.75) is 31.5 Å². The van der Waals surface area contributed by atoms with E-state index in [0.29, 0.717) is 43.4 Å². The Morgan fingerprint density at radius 1 is 1.09 bits per heavy atom. The Balaban J connectivity index is 0.00000253. The number of carbonyl (C=O) groups is 2. The molecular weight excluding hydrogens is 527 g/mol. The molecule has 3 aromatic rings. The number of ether oxygens (including phenoxy) is 2. The van der Waals surface area contributed by atoms with Crippen LogP contribution in [0.3, 0.4) is 0 Å². The quantitative estimate of drug-likeness (QED) is 0.473. The number of hydrogen-bond acceptors (Lipinski definition) is 6. The van der Waals surface area contributed by atoms with Crippen LogP contribution in [-0.4, -0.2) is 47.4 Å². The van der Waals surface area contributed by atoms with Gasteiger partial charge in [-0.15, -0.1) is 6.54 Å². The number of anilines is 2. The number of nitrogens with one attached hydrogen (secondary N) is 1. The molecule has 1 aromatic carbocycles. The van der Waals surface area contributed by atoms with Crippen LogP contribution >= 0.6 is 0 Å². The van der Waals surface area contributed by atoms with Gasteiger partial charge < -0.3 is 24.7 Å². The van der Waals surface area contributed by atoms with Gasteiger partial charge in [-0.1, -0.05) is 30.7 Å². The number of benzene rings is 1. The molecule has 1 saturated heterocycles. The molecule has 11 heteroatoms. The van der Waals surface area contributed by atoms with Gasteiger partial charge in [0.25, 0.3) is 11.5 Å². The summed E-state index contributed by atoms with van der Waals surface area (Å²) in [7, 11) is 0. The summed E-state index contributed by atoms with van der Waals surface area (Å²) in [5.41, 5.74) is 2.06. The SMILES string of the molecule is O=C1COc2ccc(N3C[C@H](CCC[N-][C@@H]4Cn5c(=O)ccc6cccc4c65)OC3=O)nc2N1.[Y]. The molecule has 0 aliphatic carbocycles. The predicted octanol–water partition coefficient (Wildman–Crippen LogP) is 2.96. The van der Waals surface area contributed by atoms with E-state index in [2.05, 4.69) is 10.3 Å². The van der Waals surface area contributed by atoms with Gasteiger partial charge >= 0.3 is 6.09 Å². The standard InChI is InChI=1S/C24H22N5O5.Y/c30-20-13-33-18-7-8-19(26-23(18)27-20)28-11-15(34-24(28)32)4-2-10-25-17-12-29-21(31)9-6-14-3-1-5-16(17)22(14)29;/h1,3,5-9,15,17H,2,4,10-13H2,(H,26,27,30);/q-1;/t15-,17+;/m0./s1. The Kier molecular flexibility index (Phi) is 6.61. The molecule has 1 radical (unpaired) electrons. The smallest absolute Gasteiger partial charge is 0.415 e. The largest absolute Gasteiger partial charge is 0.654 e. The van der Waals surface area contributed by atoms with E-state index in [9.17, 15) is 14.4 Å². The Morgan fingerprint density at radius 3 is 2.86 bits per heavy atom. The van der Waals surface area contributed by atoms with Crippen molar-refractivity contribution in [3.05, 3.63) is 63.7 Å². The molecule has 2 aromatic heterocycles. The van der Waals surface area contributed by atoms with Gasteiger partial charge in [0.2, 0.25) is 0 Å². The first kappa shape index (κ1) is 23.9. The fourth-order valence-corrected chi connectivity index (χ4v) is 4.79. The number of cyclic esters (lactones) is 1. The molecule has 5 heterocycles. The van der Waals surface area contributed by atoms with Crippen LogP contribution in [0.4, 0.5) is 16.4 Å². The van der Waals surface area contributed by atoms with E-state index >= 15 is 0 Å². The maximum atomic E-state index is 12.4. The van der Waals surface area contributed by atoms with Crippen molar-refractivity contribution in [1.29, 1.82) is 0 Å². The molecule has 177 valence electrons. The Morgan fingerprint density at radius 2 is 1.97 bits per heavy atom. The number of carbonyl (C=O) groups excluding carboxylic acids is 2. The number of pyridine rings is 2. The first-order valence-electron chi connectivity index (χ1n) is 11.3. The molecule has 2 atom stereocenters. The molecule has 0 saturated carbocycles. The molecule has 6 rings (SSSR count). The van der Waals surface area contributed by atoms with E-state index in [1.54, 1.807) is 22.8 Å². The van der Waals surface area contributed by atoms with E-state index in [0.717, 1.165) is 22.9 Å².